The van der Waals surface area contributed by atoms with Crippen LogP contribution in [0, 0.1) is 6.92 Å². The zero-order valence-corrected chi connectivity index (χ0v) is 17.4. The fourth-order valence-electron chi connectivity index (χ4n) is 3.06. The molecule has 0 aliphatic heterocycles. The minimum absolute atomic E-state index is 0.170. The third-order valence-corrected chi connectivity index (χ3v) is 4.69. The average molecular weight is 413 g/mol. The summed E-state index contributed by atoms with van der Waals surface area (Å²) in [5.41, 5.74) is 3.71. The largest absolute Gasteiger partial charge is 0.383 e. The number of carbonyl (C=O) groups excluding carboxylic acids is 1. The first-order valence-electron chi connectivity index (χ1n) is 9.56. The summed E-state index contributed by atoms with van der Waals surface area (Å²) in [5.74, 6) is 0.947. The number of ether oxygens (including phenoxy) is 1. The molecule has 29 heavy (non-hydrogen) atoms. The number of aryl methyl sites for hydroxylation is 2. The van der Waals surface area contributed by atoms with Gasteiger partial charge in [-0.1, -0.05) is 23.7 Å². The molecule has 0 atom stereocenters. The highest BCUT2D eigenvalue weighted by atomic mass is 35.5. The van der Waals surface area contributed by atoms with Crippen molar-refractivity contribution in [3.63, 3.8) is 0 Å². The van der Waals surface area contributed by atoms with Crippen molar-refractivity contribution >= 4 is 23.2 Å². The van der Waals surface area contributed by atoms with E-state index in [0.29, 0.717) is 37.4 Å². The first kappa shape index (κ1) is 21.0. The van der Waals surface area contributed by atoms with Gasteiger partial charge in [0.2, 0.25) is 0 Å². The molecule has 0 radical (unpaired) electrons. The second kappa shape index (κ2) is 10.2. The average Bonchev–Trinajstić information content (AvgIpc) is 3.09. The van der Waals surface area contributed by atoms with Gasteiger partial charge in [-0.2, -0.15) is 5.10 Å². The molecular weight excluding hydrogens is 388 g/mol. The fourth-order valence-corrected chi connectivity index (χ4v) is 3.25. The summed E-state index contributed by atoms with van der Waals surface area (Å²) in [7, 11) is 1.66. The molecule has 3 aromatic rings. The van der Waals surface area contributed by atoms with Crippen molar-refractivity contribution in [2.45, 2.75) is 26.2 Å². The molecule has 2 aromatic heterocycles. The number of ketones is 1. The third kappa shape index (κ3) is 6.14. The van der Waals surface area contributed by atoms with E-state index in [2.05, 4.69) is 15.4 Å². The number of Topliss-reactive ketones (excluding diaryl/α,β-unsaturated/α-hetero) is 1. The van der Waals surface area contributed by atoms with Crippen LogP contribution in [-0.2, 0) is 22.4 Å². The van der Waals surface area contributed by atoms with E-state index in [0.717, 1.165) is 28.5 Å². The van der Waals surface area contributed by atoms with Crippen LogP contribution >= 0.6 is 11.6 Å². The van der Waals surface area contributed by atoms with E-state index in [4.69, 9.17) is 16.3 Å². The maximum absolute atomic E-state index is 12.5. The zero-order chi connectivity index (χ0) is 20.6. The quantitative estimate of drug-likeness (QED) is 0.509. The van der Waals surface area contributed by atoms with E-state index in [1.54, 1.807) is 13.3 Å². The van der Waals surface area contributed by atoms with Crippen molar-refractivity contribution in [3.05, 3.63) is 70.6 Å². The second-order valence-corrected chi connectivity index (χ2v) is 7.29. The summed E-state index contributed by atoms with van der Waals surface area (Å²) in [6, 6.07) is 13.4. The van der Waals surface area contributed by atoms with Gasteiger partial charge in [-0.25, -0.2) is 9.67 Å². The van der Waals surface area contributed by atoms with Gasteiger partial charge in [0.25, 0.3) is 0 Å². The molecule has 0 saturated heterocycles. The molecule has 0 aliphatic carbocycles. The van der Waals surface area contributed by atoms with Crippen LogP contribution in [0.15, 0.2) is 48.7 Å². The molecule has 0 aliphatic rings. The summed E-state index contributed by atoms with van der Waals surface area (Å²) in [6.45, 7) is 3.26. The monoisotopic (exact) mass is 412 g/mol. The van der Waals surface area contributed by atoms with Gasteiger partial charge in [-0.05, 0) is 49.2 Å². The Hall–Kier alpha value is -2.70. The lowest BCUT2D eigenvalue weighted by atomic mass is 10.1. The van der Waals surface area contributed by atoms with Crippen molar-refractivity contribution in [1.29, 1.82) is 0 Å². The van der Waals surface area contributed by atoms with Crippen LogP contribution in [-0.4, -0.2) is 40.8 Å². The number of rotatable bonds is 10. The van der Waals surface area contributed by atoms with Gasteiger partial charge >= 0.3 is 0 Å². The molecule has 0 fully saturated rings. The molecule has 0 amide bonds. The molecule has 1 N–H and O–H groups in total. The van der Waals surface area contributed by atoms with Crippen molar-refractivity contribution in [2.24, 2.45) is 0 Å². The molecule has 3 rings (SSSR count). The highest BCUT2D eigenvalue weighted by Crippen LogP contribution is 2.18. The summed E-state index contributed by atoms with van der Waals surface area (Å²) < 4.78 is 6.86. The number of nitrogens with zero attached hydrogens (tertiary/aromatic N) is 3. The number of aromatic nitrogens is 3. The molecule has 0 saturated carbocycles. The lowest BCUT2D eigenvalue weighted by Crippen LogP contribution is -2.10. The van der Waals surface area contributed by atoms with Crippen molar-refractivity contribution in [3.8, 4) is 5.69 Å². The van der Waals surface area contributed by atoms with Crippen LogP contribution in [0.1, 0.15) is 23.4 Å². The van der Waals surface area contributed by atoms with Gasteiger partial charge in [0, 0.05) is 43.4 Å². The number of halogens is 1. The molecule has 0 spiro atoms. The molecule has 6 nitrogen and oxygen atoms in total. The SMILES string of the molecule is COCCNc1ccc(CC(=O)CCc2cc(C)nn2-c2cccc(Cl)c2)cn1. The fraction of sp³-hybridized carbons (Fsp3) is 0.318. The van der Waals surface area contributed by atoms with Gasteiger partial charge in [0.15, 0.2) is 0 Å². The van der Waals surface area contributed by atoms with E-state index in [1.807, 2.05) is 54.1 Å². The van der Waals surface area contributed by atoms with Crippen molar-refractivity contribution in [1.82, 2.24) is 14.8 Å². The number of carbonyl (C=O) groups is 1. The van der Waals surface area contributed by atoms with Gasteiger partial charge in [-0.15, -0.1) is 0 Å². The van der Waals surface area contributed by atoms with E-state index < -0.39 is 0 Å². The maximum Gasteiger partial charge on any atom is 0.137 e. The summed E-state index contributed by atoms with van der Waals surface area (Å²) in [4.78, 5) is 16.8. The lowest BCUT2D eigenvalue weighted by molar-refractivity contribution is -0.118. The van der Waals surface area contributed by atoms with Crippen molar-refractivity contribution < 1.29 is 9.53 Å². The molecule has 152 valence electrons. The van der Waals surface area contributed by atoms with Gasteiger partial charge in [0.1, 0.15) is 11.6 Å². The number of nitrogens with one attached hydrogen (secondary N) is 1. The molecule has 1 aromatic carbocycles. The van der Waals surface area contributed by atoms with Crippen LogP contribution < -0.4 is 5.32 Å². The summed E-state index contributed by atoms with van der Waals surface area (Å²) >= 11 is 6.11. The number of hydrogen-bond donors (Lipinski definition) is 1. The van der Waals surface area contributed by atoms with Crippen molar-refractivity contribution in [2.75, 3.05) is 25.6 Å². The van der Waals surface area contributed by atoms with E-state index >= 15 is 0 Å². The smallest absolute Gasteiger partial charge is 0.137 e. The molecule has 7 heteroatoms. The standard InChI is InChI=1S/C22H25ClN4O2/c1-16-12-20(27(26-16)19-5-3-4-18(23)14-19)7-8-21(28)13-17-6-9-22(25-15-17)24-10-11-29-2/h3-6,9,12,14-15H,7-8,10-11,13H2,1-2H3,(H,24,25). The Morgan fingerprint density at radius 3 is 2.83 bits per heavy atom. The topological polar surface area (TPSA) is 69.0 Å². The Morgan fingerprint density at radius 2 is 2.10 bits per heavy atom. The Bertz CT molecular complexity index is 954. The van der Waals surface area contributed by atoms with Crippen LogP contribution in [0.2, 0.25) is 5.02 Å². The third-order valence-electron chi connectivity index (χ3n) is 4.46. The number of hydrogen-bond acceptors (Lipinski definition) is 5. The van der Waals surface area contributed by atoms with Gasteiger partial charge in [0.05, 0.1) is 18.0 Å². The normalized spacial score (nSPS) is 10.9. The van der Waals surface area contributed by atoms with Crippen LogP contribution in [0.5, 0.6) is 0 Å². The maximum atomic E-state index is 12.5. The van der Waals surface area contributed by atoms with Gasteiger partial charge < -0.3 is 10.1 Å². The summed E-state index contributed by atoms with van der Waals surface area (Å²) in [6.07, 6.45) is 3.18. The van der Waals surface area contributed by atoms with Crippen LogP contribution in [0.3, 0.4) is 0 Å². The molecule has 0 bridgehead atoms. The highest BCUT2D eigenvalue weighted by Gasteiger charge is 2.11. The first-order chi connectivity index (χ1) is 14.0. The number of methoxy groups -OCH3 is 1. The molecule has 0 unspecified atom stereocenters. The Labute approximate surface area is 175 Å². The van der Waals surface area contributed by atoms with E-state index in [9.17, 15) is 4.79 Å². The van der Waals surface area contributed by atoms with Gasteiger partial charge in [-0.3, -0.25) is 4.79 Å². The Kier molecular flexibility index (Phi) is 7.38. The predicted molar refractivity (Wildman–Crippen MR) is 115 cm³/mol. The Balaban J connectivity index is 1.57. The minimum Gasteiger partial charge on any atom is -0.383 e. The number of benzene rings is 1. The molecule has 2 heterocycles. The number of pyridine rings is 1. The van der Waals surface area contributed by atoms with Crippen LogP contribution in [0.25, 0.3) is 5.69 Å². The zero-order valence-electron chi connectivity index (χ0n) is 16.7. The lowest BCUT2D eigenvalue weighted by Gasteiger charge is -2.08. The van der Waals surface area contributed by atoms with Crippen LogP contribution in [0.4, 0.5) is 5.82 Å². The number of anilines is 1. The second-order valence-electron chi connectivity index (χ2n) is 6.86. The molecular formula is C22H25ClN4O2. The Morgan fingerprint density at radius 1 is 1.24 bits per heavy atom. The first-order valence-corrected chi connectivity index (χ1v) is 9.94. The predicted octanol–water partition coefficient (Wildman–Crippen LogP) is 4.03. The summed E-state index contributed by atoms with van der Waals surface area (Å²) in [5, 5.41) is 8.36. The highest BCUT2D eigenvalue weighted by molar-refractivity contribution is 6.30. The van der Waals surface area contributed by atoms with E-state index in [1.165, 1.54) is 0 Å². The van der Waals surface area contributed by atoms with E-state index in [-0.39, 0.29) is 5.78 Å². The minimum atomic E-state index is 0.170.